The Bertz CT molecular complexity index is 1110. The maximum absolute atomic E-state index is 12.9. The molecule has 1 saturated carbocycles. The highest BCUT2D eigenvalue weighted by atomic mass is 79.9. The summed E-state index contributed by atoms with van der Waals surface area (Å²) in [4.78, 5) is 25.3. The number of hydrogen-bond acceptors (Lipinski definition) is 4. The van der Waals surface area contributed by atoms with Crippen LogP contribution in [0.5, 0.6) is 0 Å². The van der Waals surface area contributed by atoms with Gasteiger partial charge in [-0.25, -0.2) is 0 Å². The maximum Gasteiger partial charge on any atom is 0.273 e. The van der Waals surface area contributed by atoms with E-state index in [2.05, 4.69) is 36.8 Å². The molecular weight excluding hydrogens is 496 g/mol. The normalized spacial score (nSPS) is 17.8. The van der Waals surface area contributed by atoms with E-state index < -0.39 is 5.91 Å². The zero-order valence-electron chi connectivity index (χ0n) is 17.1. The fourth-order valence-corrected chi connectivity index (χ4v) is 4.37. The molecule has 166 valence electrons. The lowest BCUT2D eigenvalue weighted by molar-refractivity contribution is 0.0271. The number of ether oxygens (including phenoxy) is 1. The van der Waals surface area contributed by atoms with Gasteiger partial charge in [-0.05, 0) is 52.9 Å². The summed E-state index contributed by atoms with van der Waals surface area (Å²) >= 11 is 9.44. The zero-order valence-corrected chi connectivity index (χ0v) is 19.4. The van der Waals surface area contributed by atoms with Crippen LogP contribution in [-0.2, 0) is 11.3 Å². The fraction of sp³-hybridized carbons (Fsp3) is 0.261. The number of aromatic amines is 1. The molecule has 2 atom stereocenters. The van der Waals surface area contributed by atoms with Crippen LogP contribution in [0.25, 0.3) is 0 Å². The Kier molecular flexibility index (Phi) is 7.24. The van der Waals surface area contributed by atoms with Crippen molar-refractivity contribution in [1.29, 1.82) is 0 Å². The first-order valence-corrected chi connectivity index (χ1v) is 11.5. The van der Waals surface area contributed by atoms with E-state index in [1.807, 2.05) is 30.3 Å². The number of rotatable bonds is 7. The van der Waals surface area contributed by atoms with Gasteiger partial charge in [-0.15, -0.1) is 0 Å². The number of aromatic nitrogens is 2. The lowest BCUT2D eigenvalue weighted by atomic mass is 10.2. The van der Waals surface area contributed by atoms with Crippen molar-refractivity contribution in [3.05, 3.63) is 80.9 Å². The molecule has 3 N–H and O–H groups in total. The van der Waals surface area contributed by atoms with Crippen molar-refractivity contribution in [3.8, 4) is 0 Å². The molecule has 7 nitrogen and oxygen atoms in total. The predicted octanol–water partition coefficient (Wildman–Crippen LogP) is 4.95. The molecular formula is C23H22BrClN4O3. The van der Waals surface area contributed by atoms with E-state index in [1.54, 1.807) is 24.3 Å². The molecule has 3 aromatic rings. The van der Waals surface area contributed by atoms with E-state index in [0.29, 0.717) is 21.7 Å². The Morgan fingerprint density at radius 1 is 1.09 bits per heavy atom. The Morgan fingerprint density at radius 3 is 2.62 bits per heavy atom. The Balaban J connectivity index is 1.38. The number of carbonyl (C=O) groups excluding carboxylic acids is 2. The Hall–Kier alpha value is -2.68. The maximum atomic E-state index is 12.9. The van der Waals surface area contributed by atoms with E-state index in [-0.39, 0.29) is 29.6 Å². The number of anilines is 1. The smallest absolute Gasteiger partial charge is 0.273 e. The zero-order chi connectivity index (χ0) is 22.5. The van der Waals surface area contributed by atoms with E-state index in [1.165, 1.54) is 0 Å². The predicted molar refractivity (Wildman–Crippen MR) is 126 cm³/mol. The third kappa shape index (κ3) is 5.20. The van der Waals surface area contributed by atoms with Crippen LogP contribution in [0.15, 0.2) is 59.1 Å². The summed E-state index contributed by atoms with van der Waals surface area (Å²) in [7, 11) is 0. The van der Waals surface area contributed by atoms with Gasteiger partial charge in [-0.2, -0.15) is 5.10 Å². The third-order valence-electron chi connectivity index (χ3n) is 5.35. The summed E-state index contributed by atoms with van der Waals surface area (Å²) in [5.74, 6) is -0.466. The van der Waals surface area contributed by atoms with Crippen LogP contribution in [-0.4, -0.2) is 34.2 Å². The van der Waals surface area contributed by atoms with Gasteiger partial charge in [0.25, 0.3) is 11.8 Å². The van der Waals surface area contributed by atoms with Crippen LogP contribution in [0.3, 0.4) is 0 Å². The largest absolute Gasteiger partial charge is 0.371 e. The molecule has 1 aliphatic carbocycles. The quantitative estimate of drug-likeness (QED) is 0.413. The first-order valence-electron chi connectivity index (χ1n) is 10.3. The summed E-state index contributed by atoms with van der Waals surface area (Å²) in [6, 6.07) is 16.6. The van der Waals surface area contributed by atoms with Crippen LogP contribution in [0.2, 0.25) is 5.02 Å². The minimum absolute atomic E-state index is 0.0590. The summed E-state index contributed by atoms with van der Waals surface area (Å²) in [5.41, 5.74) is 1.58. The standard InChI is InChI=1S/C23H22BrClN4O3/c24-19-20(28-29-21(19)27-22(30)15-9-4-5-10-16(15)25)23(31)26-17-11-6-12-18(17)32-13-14-7-2-1-3-8-14/h1-5,7-10,17-18H,6,11-13H2,(H,26,31)(H2,27,28,29,30)/t17-,18-/m0/s1. The van der Waals surface area contributed by atoms with Crippen molar-refractivity contribution in [2.75, 3.05) is 5.32 Å². The van der Waals surface area contributed by atoms with Crippen molar-refractivity contribution in [3.63, 3.8) is 0 Å². The molecule has 0 radical (unpaired) electrons. The number of benzene rings is 2. The van der Waals surface area contributed by atoms with Crippen molar-refractivity contribution in [2.24, 2.45) is 0 Å². The molecule has 1 aromatic heterocycles. The molecule has 0 unspecified atom stereocenters. The topological polar surface area (TPSA) is 96.1 Å². The Morgan fingerprint density at radius 2 is 1.84 bits per heavy atom. The molecule has 1 aliphatic rings. The van der Waals surface area contributed by atoms with Crippen molar-refractivity contribution >= 4 is 45.2 Å². The molecule has 0 spiro atoms. The first-order chi connectivity index (χ1) is 15.5. The molecule has 1 fully saturated rings. The number of hydrogen-bond donors (Lipinski definition) is 3. The van der Waals surface area contributed by atoms with Crippen LogP contribution in [0, 0.1) is 0 Å². The van der Waals surface area contributed by atoms with Gasteiger partial charge >= 0.3 is 0 Å². The highest BCUT2D eigenvalue weighted by molar-refractivity contribution is 9.10. The SMILES string of the molecule is O=C(Nc1[nH]nc(C(=O)N[C@H]2CCC[C@@H]2OCc2ccccc2)c1Br)c1ccccc1Cl. The number of nitrogens with one attached hydrogen (secondary N) is 3. The second-order valence-electron chi connectivity index (χ2n) is 7.54. The van der Waals surface area contributed by atoms with Gasteiger partial charge in [0, 0.05) is 0 Å². The van der Waals surface area contributed by atoms with Crippen molar-refractivity contribution < 1.29 is 14.3 Å². The fourth-order valence-electron chi connectivity index (χ4n) is 3.69. The molecule has 4 rings (SSSR count). The number of carbonyl (C=O) groups is 2. The second kappa shape index (κ2) is 10.3. The highest BCUT2D eigenvalue weighted by Gasteiger charge is 2.31. The molecule has 0 aliphatic heterocycles. The van der Waals surface area contributed by atoms with Crippen LogP contribution in [0.1, 0.15) is 45.7 Å². The molecule has 9 heteroatoms. The Labute approximate surface area is 199 Å². The summed E-state index contributed by atoms with van der Waals surface area (Å²) in [6.07, 6.45) is 2.64. The average molecular weight is 518 g/mol. The van der Waals surface area contributed by atoms with E-state index >= 15 is 0 Å². The minimum atomic E-state index is -0.405. The van der Waals surface area contributed by atoms with Crippen LogP contribution < -0.4 is 10.6 Å². The van der Waals surface area contributed by atoms with E-state index in [9.17, 15) is 9.59 Å². The van der Waals surface area contributed by atoms with Crippen molar-refractivity contribution in [1.82, 2.24) is 15.5 Å². The van der Waals surface area contributed by atoms with E-state index in [4.69, 9.17) is 16.3 Å². The average Bonchev–Trinajstić information content (AvgIpc) is 3.39. The number of H-pyrrole nitrogens is 1. The molecule has 32 heavy (non-hydrogen) atoms. The van der Waals surface area contributed by atoms with Gasteiger partial charge in [-0.3, -0.25) is 14.7 Å². The number of amides is 2. The minimum Gasteiger partial charge on any atom is -0.371 e. The summed E-state index contributed by atoms with van der Waals surface area (Å²) < 4.78 is 6.43. The van der Waals surface area contributed by atoms with Gasteiger partial charge in [-0.1, -0.05) is 54.1 Å². The van der Waals surface area contributed by atoms with Crippen molar-refractivity contribution in [2.45, 2.75) is 38.0 Å². The monoisotopic (exact) mass is 516 g/mol. The second-order valence-corrected chi connectivity index (χ2v) is 8.74. The molecule has 0 saturated heterocycles. The first kappa shape index (κ1) is 22.5. The van der Waals surface area contributed by atoms with Gasteiger partial charge in [0.2, 0.25) is 0 Å². The van der Waals surface area contributed by atoms with Gasteiger partial charge in [0.1, 0.15) is 5.82 Å². The highest BCUT2D eigenvalue weighted by Crippen LogP contribution is 2.27. The van der Waals surface area contributed by atoms with Gasteiger partial charge < -0.3 is 15.4 Å². The number of halogens is 2. The number of nitrogens with zero attached hydrogens (tertiary/aromatic N) is 1. The lowest BCUT2D eigenvalue weighted by Crippen LogP contribution is -2.41. The molecule has 2 amide bonds. The third-order valence-corrected chi connectivity index (χ3v) is 6.46. The lowest BCUT2D eigenvalue weighted by Gasteiger charge is -2.21. The van der Waals surface area contributed by atoms with E-state index in [0.717, 1.165) is 24.8 Å². The van der Waals surface area contributed by atoms with Crippen LogP contribution >= 0.6 is 27.5 Å². The van der Waals surface area contributed by atoms with Gasteiger partial charge in [0.05, 0.1) is 33.8 Å². The summed E-state index contributed by atoms with van der Waals surface area (Å²) in [6.45, 7) is 0.502. The van der Waals surface area contributed by atoms with Gasteiger partial charge in [0.15, 0.2) is 5.69 Å². The van der Waals surface area contributed by atoms with Crippen LogP contribution in [0.4, 0.5) is 5.82 Å². The molecule has 2 aromatic carbocycles. The molecule has 1 heterocycles. The summed E-state index contributed by atoms with van der Waals surface area (Å²) in [5, 5.41) is 12.8. The molecule has 0 bridgehead atoms.